The normalized spacial score (nSPS) is 18.2. The second-order valence-electron chi connectivity index (χ2n) is 8.09. The highest BCUT2D eigenvalue weighted by atomic mass is 19.1. The molecule has 3 aromatic rings. The molecule has 0 atom stereocenters. The van der Waals surface area contributed by atoms with Crippen LogP contribution in [-0.2, 0) is 17.8 Å². The molecule has 0 radical (unpaired) electrons. The summed E-state index contributed by atoms with van der Waals surface area (Å²) in [6, 6.07) is 13.0. The van der Waals surface area contributed by atoms with Crippen molar-refractivity contribution in [2.24, 2.45) is 0 Å². The van der Waals surface area contributed by atoms with Crippen LogP contribution in [0.3, 0.4) is 0 Å². The lowest BCUT2D eigenvalue weighted by Crippen LogP contribution is -2.44. The fraction of sp³-hybridized carbons (Fsp3) is 0.391. The number of hydrogen-bond donors (Lipinski definition) is 0. The van der Waals surface area contributed by atoms with Crippen molar-refractivity contribution in [2.75, 3.05) is 26.2 Å². The predicted molar refractivity (Wildman–Crippen MR) is 108 cm³/mol. The number of hydrogen-bond acceptors (Lipinski definition) is 4. The largest absolute Gasteiger partial charge is 0.356 e. The first-order valence-corrected chi connectivity index (χ1v) is 10.3. The van der Waals surface area contributed by atoms with Gasteiger partial charge < -0.3 is 9.42 Å². The average molecular weight is 393 g/mol. The van der Waals surface area contributed by atoms with E-state index >= 15 is 0 Å². The van der Waals surface area contributed by atoms with Crippen molar-refractivity contribution in [3.63, 3.8) is 0 Å². The fourth-order valence-electron chi connectivity index (χ4n) is 4.59. The number of carbonyl (C=O) groups excluding carboxylic acids is 1. The Balaban J connectivity index is 1.18. The summed E-state index contributed by atoms with van der Waals surface area (Å²) in [5.41, 5.74) is 4.04. The van der Waals surface area contributed by atoms with E-state index in [9.17, 15) is 9.18 Å². The minimum atomic E-state index is -0.311. The monoisotopic (exact) mass is 393 g/mol. The van der Waals surface area contributed by atoms with Crippen molar-refractivity contribution in [3.05, 3.63) is 65.1 Å². The molecule has 2 aromatic carbocycles. The molecule has 0 bridgehead atoms. The van der Waals surface area contributed by atoms with Crippen molar-refractivity contribution in [1.29, 1.82) is 0 Å². The first-order chi connectivity index (χ1) is 14.2. The number of rotatable bonds is 3. The number of fused-ring (bicyclic) bond motifs is 2. The number of nitrogens with zero attached hydrogens (tertiary/aromatic N) is 3. The Morgan fingerprint density at radius 2 is 1.90 bits per heavy atom. The highest BCUT2D eigenvalue weighted by molar-refractivity contribution is 5.80. The van der Waals surface area contributed by atoms with Crippen LogP contribution in [-0.4, -0.2) is 47.0 Å². The van der Waals surface area contributed by atoms with Crippen LogP contribution >= 0.6 is 0 Å². The molecule has 0 saturated carbocycles. The number of halogens is 1. The maximum absolute atomic E-state index is 13.4. The number of amides is 1. The van der Waals surface area contributed by atoms with Gasteiger partial charge in [0.05, 0.1) is 12.2 Å². The van der Waals surface area contributed by atoms with Crippen LogP contribution in [0.1, 0.15) is 35.6 Å². The van der Waals surface area contributed by atoms with Gasteiger partial charge in [-0.3, -0.25) is 9.69 Å². The Kier molecular flexibility index (Phi) is 4.79. The summed E-state index contributed by atoms with van der Waals surface area (Å²) in [5.74, 6) is 0.184. The van der Waals surface area contributed by atoms with Gasteiger partial charge in [-0.2, -0.15) is 0 Å². The number of likely N-dealkylation sites (tertiary alicyclic amines) is 1. The zero-order valence-corrected chi connectivity index (χ0v) is 16.3. The number of piperidine rings is 1. The molecule has 0 N–H and O–H groups in total. The lowest BCUT2D eigenvalue weighted by atomic mass is 9.91. The molecule has 1 fully saturated rings. The van der Waals surface area contributed by atoms with Crippen LogP contribution < -0.4 is 0 Å². The minimum Gasteiger partial charge on any atom is -0.356 e. The molecule has 1 aromatic heterocycles. The molecule has 5 rings (SSSR count). The van der Waals surface area contributed by atoms with E-state index in [1.165, 1.54) is 23.3 Å². The van der Waals surface area contributed by atoms with Gasteiger partial charge in [-0.05, 0) is 55.6 Å². The Morgan fingerprint density at radius 1 is 1.10 bits per heavy atom. The van der Waals surface area contributed by atoms with E-state index in [0.717, 1.165) is 50.0 Å². The quantitative estimate of drug-likeness (QED) is 0.680. The molecule has 5 nitrogen and oxygen atoms in total. The highest BCUT2D eigenvalue weighted by Crippen LogP contribution is 2.32. The van der Waals surface area contributed by atoms with Crippen LogP contribution in [0.4, 0.5) is 4.39 Å². The molecule has 6 heteroatoms. The molecule has 0 spiro atoms. The molecule has 1 amide bonds. The van der Waals surface area contributed by atoms with Crippen LogP contribution in [0.5, 0.6) is 0 Å². The first kappa shape index (κ1) is 18.3. The van der Waals surface area contributed by atoms with Gasteiger partial charge in [0.2, 0.25) is 5.91 Å². The third-order valence-electron chi connectivity index (χ3n) is 6.28. The van der Waals surface area contributed by atoms with E-state index in [1.807, 2.05) is 11.0 Å². The molecule has 3 heterocycles. The second-order valence-corrected chi connectivity index (χ2v) is 8.09. The van der Waals surface area contributed by atoms with Crippen molar-refractivity contribution >= 4 is 16.9 Å². The van der Waals surface area contributed by atoms with Crippen LogP contribution in [0.2, 0.25) is 0 Å². The zero-order valence-electron chi connectivity index (χ0n) is 16.3. The summed E-state index contributed by atoms with van der Waals surface area (Å²) in [4.78, 5) is 17.0. The van der Waals surface area contributed by atoms with Crippen LogP contribution in [0, 0.1) is 5.82 Å². The first-order valence-electron chi connectivity index (χ1n) is 10.3. The lowest BCUT2D eigenvalue weighted by molar-refractivity contribution is -0.133. The summed E-state index contributed by atoms with van der Waals surface area (Å²) in [6.07, 6.45) is 2.79. The van der Waals surface area contributed by atoms with Crippen molar-refractivity contribution in [3.8, 4) is 0 Å². The molecule has 1 saturated heterocycles. The van der Waals surface area contributed by atoms with Gasteiger partial charge in [0.25, 0.3) is 0 Å². The van der Waals surface area contributed by atoms with E-state index in [0.29, 0.717) is 18.7 Å². The molecule has 150 valence electrons. The van der Waals surface area contributed by atoms with Crippen molar-refractivity contribution in [2.45, 2.75) is 31.7 Å². The molecule has 29 heavy (non-hydrogen) atoms. The molecular formula is C23H24FN3O2. The van der Waals surface area contributed by atoms with Crippen LogP contribution in [0.25, 0.3) is 11.0 Å². The zero-order chi connectivity index (χ0) is 19.8. The molecular weight excluding hydrogens is 369 g/mol. The summed E-state index contributed by atoms with van der Waals surface area (Å²) in [7, 11) is 0. The Bertz CT molecular complexity index is 1040. The van der Waals surface area contributed by atoms with Gasteiger partial charge in [-0.15, -0.1) is 0 Å². The third kappa shape index (κ3) is 3.65. The maximum atomic E-state index is 13.4. The van der Waals surface area contributed by atoms with Crippen LogP contribution in [0.15, 0.2) is 47.0 Å². The summed E-state index contributed by atoms with van der Waals surface area (Å²) >= 11 is 0. The van der Waals surface area contributed by atoms with E-state index in [-0.39, 0.29) is 17.6 Å². The second kappa shape index (κ2) is 7.59. The van der Waals surface area contributed by atoms with E-state index in [2.05, 4.69) is 28.3 Å². The third-order valence-corrected chi connectivity index (χ3v) is 6.28. The van der Waals surface area contributed by atoms with Crippen molar-refractivity contribution < 1.29 is 13.7 Å². The number of aromatic nitrogens is 1. The highest BCUT2D eigenvalue weighted by Gasteiger charge is 2.28. The smallest absolute Gasteiger partial charge is 0.237 e. The SMILES string of the molecule is O=C(CN1CCC(c2noc3cc(F)ccc23)CC1)N1CCc2ccccc2C1. The van der Waals surface area contributed by atoms with Gasteiger partial charge in [-0.25, -0.2) is 4.39 Å². The lowest BCUT2D eigenvalue weighted by Gasteiger charge is -2.34. The van der Waals surface area contributed by atoms with E-state index in [1.54, 1.807) is 6.07 Å². The topological polar surface area (TPSA) is 49.6 Å². The fourth-order valence-corrected chi connectivity index (χ4v) is 4.59. The summed E-state index contributed by atoms with van der Waals surface area (Å²) < 4.78 is 18.7. The van der Waals surface area contributed by atoms with Gasteiger partial charge in [0, 0.05) is 30.5 Å². The molecule has 0 aliphatic carbocycles. The minimum absolute atomic E-state index is 0.209. The number of benzene rings is 2. The maximum Gasteiger partial charge on any atom is 0.237 e. The van der Waals surface area contributed by atoms with Gasteiger partial charge in [0.1, 0.15) is 5.82 Å². The van der Waals surface area contributed by atoms with Gasteiger partial charge >= 0.3 is 0 Å². The standard InChI is InChI=1S/C23H24FN3O2/c24-19-5-6-20-21(13-19)29-25-23(20)17-7-10-26(11-8-17)15-22(28)27-12-9-16-3-1-2-4-18(16)14-27/h1-6,13,17H,7-12,14-15H2. The molecule has 0 unspecified atom stereocenters. The van der Waals surface area contributed by atoms with E-state index < -0.39 is 0 Å². The Labute approximate surface area is 169 Å². The number of carbonyl (C=O) groups is 1. The Morgan fingerprint density at radius 3 is 2.72 bits per heavy atom. The molecule has 2 aliphatic heterocycles. The average Bonchev–Trinajstić information content (AvgIpc) is 3.17. The summed E-state index contributed by atoms with van der Waals surface area (Å²) in [5, 5.41) is 5.10. The van der Waals surface area contributed by atoms with E-state index in [4.69, 9.17) is 4.52 Å². The van der Waals surface area contributed by atoms with Gasteiger partial charge in [-0.1, -0.05) is 29.4 Å². The van der Waals surface area contributed by atoms with Crippen molar-refractivity contribution in [1.82, 2.24) is 15.0 Å². The Hall–Kier alpha value is -2.73. The molecule has 2 aliphatic rings. The summed E-state index contributed by atoms with van der Waals surface area (Å²) in [6.45, 7) is 3.70. The predicted octanol–water partition coefficient (Wildman–Crippen LogP) is 3.73. The van der Waals surface area contributed by atoms with Gasteiger partial charge in [0.15, 0.2) is 5.58 Å².